The summed E-state index contributed by atoms with van der Waals surface area (Å²) in [5.41, 5.74) is 0. The molecule has 1 N–H and O–H groups in total. The largest absolute Gasteiger partial charge is 0.522 e. The van der Waals surface area contributed by atoms with E-state index in [1.54, 1.807) is 0 Å². The van der Waals surface area contributed by atoms with Crippen LogP contribution in [-0.2, 0) is 9.47 Å². The van der Waals surface area contributed by atoms with E-state index in [9.17, 15) is 13.2 Å². The molecule has 90 valence electrons. The minimum absolute atomic E-state index is 0.00396. The highest BCUT2D eigenvalue weighted by Crippen LogP contribution is 2.15. The Balaban J connectivity index is 1.92. The van der Waals surface area contributed by atoms with Crippen LogP contribution in [0.1, 0.15) is 12.8 Å². The SMILES string of the molecule is FC(F)(F)OCCOCC1CCCNC1. The number of alkyl halides is 3. The molecule has 0 radical (unpaired) electrons. The molecule has 0 aromatic carbocycles. The van der Waals surface area contributed by atoms with E-state index in [1.807, 2.05) is 0 Å². The normalized spacial score (nSPS) is 23.0. The molecule has 0 bridgehead atoms. The lowest BCUT2D eigenvalue weighted by Crippen LogP contribution is -2.32. The first-order chi connectivity index (χ1) is 7.08. The van der Waals surface area contributed by atoms with Gasteiger partial charge in [-0.2, -0.15) is 0 Å². The molecule has 1 fully saturated rings. The molecule has 6 heteroatoms. The third-order valence-electron chi connectivity index (χ3n) is 2.25. The van der Waals surface area contributed by atoms with Crippen LogP contribution in [0.5, 0.6) is 0 Å². The van der Waals surface area contributed by atoms with E-state index >= 15 is 0 Å². The Morgan fingerprint density at radius 3 is 2.67 bits per heavy atom. The molecule has 0 aromatic rings. The molecule has 1 heterocycles. The number of piperidine rings is 1. The van der Waals surface area contributed by atoms with Crippen molar-refractivity contribution in [3.63, 3.8) is 0 Å². The molecule has 1 unspecified atom stereocenters. The molecule has 3 nitrogen and oxygen atoms in total. The van der Waals surface area contributed by atoms with Gasteiger partial charge in [0, 0.05) is 6.54 Å². The third kappa shape index (κ3) is 6.70. The third-order valence-corrected chi connectivity index (χ3v) is 2.25. The fraction of sp³-hybridized carbons (Fsp3) is 1.00. The lowest BCUT2D eigenvalue weighted by atomic mass is 10.0. The first-order valence-electron chi connectivity index (χ1n) is 5.07. The first-order valence-corrected chi connectivity index (χ1v) is 5.07. The average Bonchev–Trinajstić information content (AvgIpc) is 2.17. The van der Waals surface area contributed by atoms with E-state index in [-0.39, 0.29) is 6.61 Å². The molecular formula is C9H16F3NO2. The number of nitrogens with one attached hydrogen (secondary N) is 1. The van der Waals surface area contributed by atoms with E-state index < -0.39 is 13.0 Å². The standard InChI is InChI=1S/C9H16F3NO2/c10-9(11,12)15-5-4-14-7-8-2-1-3-13-6-8/h8,13H,1-7H2. The van der Waals surface area contributed by atoms with Crippen molar-refractivity contribution in [1.29, 1.82) is 0 Å². The van der Waals surface area contributed by atoms with Crippen molar-refractivity contribution in [2.75, 3.05) is 32.9 Å². The average molecular weight is 227 g/mol. The summed E-state index contributed by atoms with van der Waals surface area (Å²) in [5.74, 6) is 0.421. The van der Waals surface area contributed by atoms with Crippen molar-refractivity contribution in [3.05, 3.63) is 0 Å². The van der Waals surface area contributed by atoms with Crippen molar-refractivity contribution < 1.29 is 22.6 Å². The summed E-state index contributed by atoms with van der Waals surface area (Å²) < 4.78 is 43.3. The second-order valence-corrected chi connectivity index (χ2v) is 3.58. The van der Waals surface area contributed by atoms with Gasteiger partial charge in [-0.15, -0.1) is 13.2 Å². The minimum Gasteiger partial charge on any atom is -0.379 e. The Morgan fingerprint density at radius 1 is 1.27 bits per heavy atom. The number of hydrogen-bond acceptors (Lipinski definition) is 3. The zero-order valence-electron chi connectivity index (χ0n) is 8.48. The molecular weight excluding hydrogens is 211 g/mol. The van der Waals surface area contributed by atoms with Crippen LogP contribution >= 0.6 is 0 Å². The van der Waals surface area contributed by atoms with E-state index in [4.69, 9.17) is 4.74 Å². The molecule has 0 aromatic heterocycles. The molecule has 0 amide bonds. The molecule has 1 aliphatic rings. The number of rotatable bonds is 5. The maximum absolute atomic E-state index is 11.5. The number of hydrogen-bond donors (Lipinski definition) is 1. The van der Waals surface area contributed by atoms with Crippen molar-refractivity contribution in [1.82, 2.24) is 5.32 Å². The summed E-state index contributed by atoms with van der Waals surface area (Å²) in [6.45, 7) is 1.99. The predicted molar refractivity (Wildman–Crippen MR) is 48.4 cm³/mol. The molecule has 0 saturated carbocycles. The Hall–Kier alpha value is -0.330. The van der Waals surface area contributed by atoms with Gasteiger partial charge in [0.25, 0.3) is 0 Å². The Labute approximate surface area is 86.9 Å². The summed E-state index contributed by atoms with van der Waals surface area (Å²) in [6, 6.07) is 0. The van der Waals surface area contributed by atoms with Crippen LogP contribution in [-0.4, -0.2) is 39.3 Å². The highest BCUT2D eigenvalue weighted by Gasteiger charge is 2.28. The predicted octanol–water partition coefficient (Wildman–Crippen LogP) is 1.54. The molecule has 0 aliphatic carbocycles. The van der Waals surface area contributed by atoms with Crippen LogP contribution in [0.3, 0.4) is 0 Å². The fourth-order valence-corrected chi connectivity index (χ4v) is 1.53. The van der Waals surface area contributed by atoms with Crippen LogP contribution in [0.15, 0.2) is 0 Å². The molecule has 15 heavy (non-hydrogen) atoms. The summed E-state index contributed by atoms with van der Waals surface area (Å²) in [6.07, 6.45) is -2.37. The van der Waals surface area contributed by atoms with E-state index in [0.29, 0.717) is 12.5 Å². The lowest BCUT2D eigenvalue weighted by Gasteiger charge is -2.22. The molecule has 1 saturated heterocycles. The number of ether oxygens (including phenoxy) is 2. The van der Waals surface area contributed by atoms with Gasteiger partial charge >= 0.3 is 6.36 Å². The lowest BCUT2D eigenvalue weighted by molar-refractivity contribution is -0.327. The second-order valence-electron chi connectivity index (χ2n) is 3.58. The Morgan fingerprint density at radius 2 is 2.07 bits per heavy atom. The fourth-order valence-electron chi connectivity index (χ4n) is 1.53. The van der Waals surface area contributed by atoms with Crippen molar-refractivity contribution in [2.45, 2.75) is 19.2 Å². The van der Waals surface area contributed by atoms with E-state index in [1.165, 1.54) is 0 Å². The Bertz CT molecular complexity index is 169. The highest BCUT2D eigenvalue weighted by molar-refractivity contribution is 4.67. The summed E-state index contributed by atoms with van der Waals surface area (Å²) >= 11 is 0. The Kier molecular flexibility index (Phi) is 5.35. The van der Waals surface area contributed by atoms with Crippen LogP contribution in [0.2, 0.25) is 0 Å². The van der Waals surface area contributed by atoms with Gasteiger partial charge in [-0.3, -0.25) is 4.74 Å². The first kappa shape index (κ1) is 12.7. The van der Waals surface area contributed by atoms with Crippen LogP contribution in [0.4, 0.5) is 13.2 Å². The van der Waals surface area contributed by atoms with Gasteiger partial charge in [-0.1, -0.05) is 0 Å². The van der Waals surface area contributed by atoms with E-state index in [0.717, 1.165) is 25.9 Å². The molecule has 1 rings (SSSR count). The summed E-state index contributed by atoms with van der Waals surface area (Å²) in [5, 5.41) is 3.21. The van der Waals surface area contributed by atoms with Gasteiger partial charge in [0.2, 0.25) is 0 Å². The molecule has 0 spiro atoms. The maximum atomic E-state index is 11.5. The monoisotopic (exact) mass is 227 g/mol. The molecule has 1 atom stereocenters. The van der Waals surface area contributed by atoms with Gasteiger partial charge in [0.1, 0.15) is 0 Å². The van der Waals surface area contributed by atoms with Gasteiger partial charge in [-0.05, 0) is 25.3 Å². The van der Waals surface area contributed by atoms with Gasteiger partial charge < -0.3 is 10.1 Å². The van der Waals surface area contributed by atoms with Crippen LogP contribution < -0.4 is 5.32 Å². The van der Waals surface area contributed by atoms with Gasteiger partial charge in [-0.25, -0.2) is 0 Å². The zero-order chi connectivity index (χ0) is 11.1. The zero-order valence-corrected chi connectivity index (χ0v) is 8.48. The topological polar surface area (TPSA) is 30.5 Å². The van der Waals surface area contributed by atoms with Crippen molar-refractivity contribution in [3.8, 4) is 0 Å². The van der Waals surface area contributed by atoms with Gasteiger partial charge in [0.15, 0.2) is 0 Å². The van der Waals surface area contributed by atoms with Gasteiger partial charge in [0.05, 0.1) is 19.8 Å². The number of halogens is 3. The molecule has 1 aliphatic heterocycles. The van der Waals surface area contributed by atoms with Crippen LogP contribution in [0.25, 0.3) is 0 Å². The highest BCUT2D eigenvalue weighted by atomic mass is 19.4. The second kappa shape index (κ2) is 6.30. The minimum atomic E-state index is -4.55. The quantitative estimate of drug-likeness (QED) is 0.723. The van der Waals surface area contributed by atoms with Crippen molar-refractivity contribution >= 4 is 0 Å². The maximum Gasteiger partial charge on any atom is 0.522 e. The van der Waals surface area contributed by atoms with Crippen LogP contribution in [0, 0.1) is 5.92 Å². The van der Waals surface area contributed by atoms with E-state index in [2.05, 4.69) is 10.1 Å². The smallest absolute Gasteiger partial charge is 0.379 e. The summed E-state index contributed by atoms with van der Waals surface area (Å²) in [4.78, 5) is 0. The van der Waals surface area contributed by atoms with Crippen molar-refractivity contribution in [2.24, 2.45) is 5.92 Å². The summed E-state index contributed by atoms with van der Waals surface area (Å²) in [7, 11) is 0.